The minimum absolute atomic E-state index is 0.229. The predicted molar refractivity (Wildman–Crippen MR) is 83.0 cm³/mol. The van der Waals surface area contributed by atoms with Crippen LogP contribution in [0.25, 0.3) is 0 Å². The largest absolute Gasteiger partial charge is 0.378 e. The Bertz CT molecular complexity index is 416. The number of ether oxygens (including phenoxy) is 1. The molecule has 1 aliphatic heterocycles. The van der Waals surface area contributed by atoms with E-state index in [1.54, 1.807) is 0 Å². The molecule has 1 aromatic rings. The number of benzene rings is 1. The van der Waals surface area contributed by atoms with E-state index < -0.39 is 0 Å². The van der Waals surface area contributed by atoms with Gasteiger partial charge in [-0.2, -0.15) is 0 Å². The molecule has 1 unspecified atom stereocenters. The van der Waals surface area contributed by atoms with Crippen molar-refractivity contribution in [2.45, 2.75) is 50.5 Å². The van der Waals surface area contributed by atoms with Crippen molar-refractivity contribution in [2.24, 2.45) is 5.92 Å². The van der Waals surface area contributed by atoms with E-state index in [0.717, 1.165) is 12.3 Å². The molecule has 2 nitrogen and oxygen atoms in total. The molecule has 20 heavy (non-hydrogen) atoms. The summed E-state index contributed by atoms with van der Waals surface area (Å²) in [6.45, 7) is 2.40. The fourth-order valence-electron chi connectivity index (χ4n) is 3.34. The first-order valence-corrected chi connectivity index (χ1v) is 8.13. The predicted octanol–water partition coefficient (Wildman–Crippen LogP) is 3.34. The third-order valence-electron chi connectivity index (χ3n) is 5.06. The Hall–Kier alpha value is -0.860. The molecule has 1 aliphatic carbocycles. The van der Waals surface area contributed by atoms with Crippen molar-refractivity contribution in [1.29, 1.82) is 0 Å². The van der Waals surface area contributed by atoms with Crippen LogP contribution in [0.1, 0.15) is 43.2 Å². The Morgan fingerprint density at radius 3 is 2.55 bits per heavy atom. The average Bonchev–Trinajstić information content (AvgIpc) is 3.28. The highest BCUT2D eigenvalue weighted by Crippen LogP contribution is 2.42. The highest BCUT2D eigenvalue weighted by atomic mass is 16.5. The summed E-state index contributed by atoms with van der Waals surface area (Å²) in [4.78, 5) is 0. The monoisotopic (exact) mass is 273 g/mol. The van der Waals surface area contributed by atoms with Crippen LogP contribution in [0.15, 0.2) is 24.3 Å². The lowest BCUT2D eigenvalue weighted by atomic mass is 9.92. The second-order valence-electron chi connectivity index (χ2n) is 6.62. The molecule has 0 bridgehead atoms. The van der Waals surface area contributed by atoms with E-state index in [9.17, 15) is 0 Å². The maximum Gasteiger partial charge on any atom is 0.0684 e. The summed E-state index contributed by atoms with van der Waals surface area (Å²) >= 11 is 0. The van der Waals surface area contributed by atoms with Crippen molar-refractivity contribution >= 4 is 0 Å². The topological polar surface area (TPSA) is 21.3 Å². The Morgan fingerprint density at radius 2 is 1.95 bits per heavy atom. The lowest BCUT2D eigenvalue weighted by Gasteiger charge is -2.22. The summed E-state index contributed by atoms with van der Waals surface area (Å²) in [5.74, 6) is 0.831. The van der Waals surface area contributed by atoms with E-state index in [2.05, 4.69) is 29.6 Å². The van der Waals surface area contributed by atoms with Crippen LogP contribution < -0.4 is 5.32 Å². The number of hydrogen-bond donors (Lipinski definition) is 1. The van der Waals surface area contributed by atoms with Gasteiger partial charge in [0.15, 0.2) is 0 Å². The van der Waals surface area contributed by atoms with Crippen LogP contribution >= 0.6 is 0 Å². The van der Waals surface area contributed by atoms with Crippen molar-refractivity contribution in [3.8, 4) is 0 Å². The number of hydrogen-bond acceptors (Lipinski definition) is 2. The number of methoxy groups -OCH3 is 1. The number of piperidine rings is 1. The molecule has 0 aromatic heterocycles. The number of nitrogens with one attached hydrogen (secondary N) is 1. The standard InChI is InChI=1S/C18H27NO/c1-20-18(10-11-18)9-8-15-4-6-16(7-5-15)13-17-3-2-12-19-14-17/h4-7,17,19H,2-3,8-14H2,1H3. The van der Waals surface area contributed by atoms with Gasteiger partial charge in [-0.15, -0.1) is 0 Å². The summed E-state index contributed by atoms with van der Waals surface area (Å²) in [5, 5.41) is 3.50. The second kappa shape index (κ2) is 6.28. The zero-order valence-corrected chi connectivity index (χ0v) is 12.7. The van der Waals surface area contributed by atoms with Crippen molar-refractivity contribution < 1.29 is 4.74 Å². The van der Waals surface area contributed by atoms with Gasteiger partial charge >= 0.3 is 0 Å². The molecule has 0 radical (unpaired) electrons. The third-order valence-corrected chi connectivity index (χ3v) is 5.06. The first-order valence-electron chi connectivity index (χ1n) is 8.13. The minimum Gasteiger partial charge on any atom is -0.378 e. The van der Waals surface area contributed by atoms with E-state index in [-0.39, 0.29) is 5.60 Å². The van der Waals surface area contributed by atoms with Crippen molar-refractivity contribution in [1.82, 2.24) is 5.32 Å². The van der Waals surface area contributed by atoms with Gasteiger partial charge in [0.2, 0.25) is 0 Å². The first kappa shape index (κ1) is 14.1. The molecular weight excluding hydrogens is 246 g/mol. The van der Waals surface area contributed by atoms with Crippen LogP contribution in [-0.4, -0.2) is 25.8 Å². The summed E-state index contributed by atoms with van der Waals surface area (Å²) in [6.07, 6.45) is 8.77. The second-order valence-corrected chi connectivity index (χ2v) is 6.62. The maximum absolute atomic E-state index is 5.59. The maximum atomic E-state index is 5.59. The Balaban J connectivity index is 1.49. The smallest absolute Gasteiger partial charge is 0.0684 e. The van der Waals surface area contributed by atoms with Crippen LogP contribution in [-0.2, 0) is 17.6 Å². The van der Waals surface area contributed by atoms with Gasteiger partial charge in [0.1, 0.15) is 0 Å². The molecule has 2 fully saturated rings. The molecule has 1 N–H and O–H groups in total. The number of aryl methyl sites for hydroxylation is 1. The van der Waals surface area contributed by atoms with Gasteiger partial charge in [0.25, 0.3) is 0 Å². The van der Waals surface area contributed by atoms with Crippen LogP contribution in [0, 0.1) is 5.92 Å². The highest BCUT2D eigenvalue weighted by Gasteiger charge is 2.42. The van der Waals surface area contributed by atoms with Crippen LogP contribution in [0.2, 0.25) is 0 Å². The molecule has 0 amide bonds. The molecule has 2 heteroatoms. The normalized spacial score (nSPS) is 24.6. The summed E-state index contributed by atoms with van der Waals surface area (Å²) in [7, 11) is 1.86. The quantitative estimate of drug-likeness (QED) is 0.858. The van der Waals surface area contributed by atoms with E-state index >= 15 is 0 Å². The Kier molecular flexibility index (Phi) is 4.42. The van der Waals surface area contributed by atoms with Gasteiger partial charge in [-0.05, 0) is 75.1 Å². The van der Waals surface area contributed by atoms with Gasteiger partial charge in [-0.3, -0.25) is 0 Å². The van der Waals surface area contributed by atoms with Gasteiger partial charge in [0.05, 0.1) is 5.60 Å². The summed E-state index contributed by atoms with van der Waals surface area (Å²) < 4.78 is 5.59. The molecular formula is C18H27NO. The zero-order valence-electron chi connectivity index (χ0n) is 12.7. The van der Waals surface area contributed by atoms with Crippen molar-refractivity contribution in [3.63, 3.8) is 0 Å². The molecule has 2 aliphatic rings. The highest BCUT2D eigenvalue weighted by molar-refractivity contribution is 5.23. The SMILES string of the molecule is COC1(CCc2ccc(CC3CCCNC3)cc2)CC1. The molecule has 3 rings (SSSR count). The Morgan fingerprint density at radius 1 is 1.20 bits per heavy atom. The minimum atomic E-state index is 0.229. The molecule has 0 spiro atoms. The molecule has 110 valence electrons. The van der Waals surface area contributed by atoms with E-state index in [1.165, 1.54) is 62.7 Å². The van der Waals surface area contributed by atoms with Gasteiger partial charge in [0, 0.05) is 7.11 Å². The Labute approximate surface area is 122 Å². The first-order chi connectivity index (χ1) is 9.80. The third kappa shape index (κ3) is 3.62. The molecule has 1 aromatic carbocycles. The van der Waals surface area contributed by atoms with Crippen LogP contribution in [0.4, 0.5) is 0 Å². The van der Waals surface area contributed by atoms with Crippen LogP contribution in [0.3, 0.4) is 0 Å². The summed E-state index contributed by atoms with van der Waals surface area (Å²) in [6, 6.07) is 9.29. The molecule has 1 saturated heterocycles. The molecule has 1 saturated carbocycles. The lowest BCUT2D eigenvalue weighted by molar-refractivity contribution is 0.0731. The molecule has 1 heterocycles. The van der Waals surface area contributed by atoms with E-state index in [4.69, 9.17) is 4.74 Å². The lowest BCUT2D eigenvalue weighted by Crippen LogP contribution is -2.30. The van der Waals surface area contributed by atoms with E-state index in [1.807, 2.05) is 7.11 Å². The fraction of sp³-hybridized carbons (Fsp3) is 0.667. The van der Waals surface area contributed by atoms with Crippen molar-refractivity contribution in [2.75, 3.05) is 20.2 Å². The zero-order chi connectivity index (χ0) is 13.8. The fourth-order valence-corrected chi connectivity index (χ4v) is 3.34. The van der Waals surface area contributed by atoms with Crippen molar-refractivity contribution in [3.05, 3.63) is 35.4 Å². The van der Waals surface area contributed by atoms with Gasteiger partial charge in [-0.25, -0.2) is 0 Å². The molecule has 1 atom stereocenters. The van der Waals surface area contributed by atoms with Gasteiger partial charge < -0.3 is 10.1 Å². The average molecular weight is 273 g/mol. The number of rotatable bonds is 6. The van der Waals surface area contributed by atoms with E-state index in [0.29, 0.717) is 0 Å². The van der Waals surface area contributed by atoms with Crippen LogP contribution in [0.5, 0.6) is 0 Å². The van der Waals surface area contributed by atoms with Gasteiger partial charge in [-0.1, -0.05) is 24.3 Å². The summed E-state index contributed by atoms with van der Waals surface area (Å²) in [5.41, 5.74) is 3.18.